The molecular formula is C9H20N2O. The average Bonchev–Trinajstić information content (AvgIpc) is 2.56. The third kappa shape index (κ3) is 1.63. The van der Waals surface area contributed by atoms with Crippen LogP contribution in [-0.2, 0) is 4.74 Å². The van der Waals surface area contributed by atoms with Crippen LogP contribution in [0.1, 0.15) is 20.3 Å². The average molecular weight is 172 g/mol. The summed E-state index contributed by atoms with van der Waals surface area (Å²) in [5.41, 5.74) is 5.94. The predicted molar refractivity (Wildman–Crippen MR) is 50.1 cm³/mol. The summed E-state index contributed by atoms with van der Waals surface area (Å²) < 4.78 is 5.41. The summed E-state index contributed by atoms with van der Waals surface area (Å²) in [4.78, 5) is 2.42. The van der Waals surface area contributed by atoms with E-state index in [1.807, 2.05) is 0 Å². The van der Waals surface area contributed by atoms with Crippen LogP contribution in [0.4, 0.5) is 0 Å². The fourth-order valence-electron chi connectivity index (χ4n) is 2.03. The van der Waals surface area contributed by atoms with Crippen LogP contribution >= 0.6 is 0 Å². The van der Waals surface area contributed by atoms with Crippen molar-refractivity contribution in [2.24, 2.45) is 5.73 Å². The van der Waals surface area contributed by atoms with E-state index in [0.29, 0.717) is 6.54 Å². The van der Waals surface area contributed by atoms with Crippen molar-refractivity contribution in [3.63, 3.8) is 0 Å². The van der Waals surface area contributed by atoms with Crippen LogP contribution in [-0.4, -0.2) is 43.3 Å². The van der Waals surface area contributed by atoms with Gasteiger partial charge in [0, 0.05) is 13.2 Å². The van der Waals surface area contributed by atoms with Gasteiger partial charge in [-0.15, -0.1) is 0 Å². The molecular weight excluding hydrogens is 152 g/mol. The lowest BCUT2D eigenvalue weighted by Gasteiger charge is -2.37. The van der Waals surface area contributed by atoms with Gasteiger partial charge in [-0.2, -0.15) is 0 Å². The van der Waals surface area contributed by atoms with Crippen LogP contribution in [0.3, 0.4) is 0 Å². The Hall–Kier alpha value is -0.120. The minimum Gasteiger partial charge on any atom is -0.379 e. The normalized spacial score (nSPS) is 30.0. The second kappa shape index (κ2) is 4.21. The van der Waals surface area contributed by atoms with Gasteiger partial charge in [0.25, 0.3) is 0 Å². The minimum atomic E-state index is 0.142. The number of ether oxygens (including phenoxy) is 1. The largest absolute Gasteiger partial charge is 0.379 e. The fraction of sp³-hybridized carbons (Fsp3) is 1.00. The maximum atomic E-state index is 5.80. The highest BCUT2D eigenvalue weighted by Gasteiger charge is 2.37. The van der Waals surface area contributed by atoms with Crippen molar-refractivity contribution in [1.82, 2.24) is 4.90 Å². The molecule has 0 aromatic carbocycles. The zero-order valence-corrected chi connectivity index (χ0v) is 8.18. The van der Waals surface area contributed by atoms with Gasteiger partial charge in [-0.1, -0.05) is 13.8 Å². The van der Waals surface area contributed by atoms with Crippen molar-refractivity contribution in [1.29, 1.82) is 0 Å². The lowest BCUT2D eigenvalue weighted by atomic mass is 9.96. The zero-order valence-electron chi connectivity index (χ0n) is 8.18. The molecule has 72 valence electrons. The zero-order chi connectivity index (χ0) is 9.03. The van der Waals surface area contributed by atoms with Gasteiger partial charge in [0.05, 0.1) is 12.1 Å². The number of hydrogen-bond acceptors (Lipinski definition) is 3. The van der Waals surface area contributed by atoms with E-state index in [4.69, 9.17) is 10.5 Å². The Morgan fingerprint density at radius 3 is 2.42 bits per heavy atom. The molecule has 0 aliphatic carbocycles. The van der Waals surface area contributed by atoms with E-state index >= 15 is 0 Å². The van der Waals surface area contributed by atoms with E-state index in [1.54, 1.807) is 0 Å². The second-order valence-electron chi connectivity index (χ2n) is 3.40. The monoisotopic (exact) mass is 172 g/mol. The van der Waals surface area contributed by atoms with Gasteiger partial charge < -0.3 is 10.5 Å². The molecule has 2 N–H and O–H groups in total. The van der Waals surface area contributed by atoms with Crippen molar-refractivity contribution in [3.05, 3.63) is 0 Å². The first kappa shape index (κ1) is 9.96. The quantitative estimate of drug-likeness (QED) is 0.669. The first-order valence-corrected chi connectivity index (χ1v) is 4.82. The fourth-order valence-corrected chi connectivity index (χ4v) is 2.03. The van der Waals surface area contributed by atoms with Crippen LogP contribution in [0.15, 0.2) is 0 Å². The third-order valence-corrected chi connectivity index (χ3v) is 2.90. The molecule has 1 rings (SSSR count). The number of rotatable bonds is 4. The van der Waals surface area contributed by atoms with Gasteiger partial charge in [0.15, 0.2) is 0 Å². The van der Waals surface area contributed by atoms with Gasteiger partial charge in [-0.3, -0.25) is 4.90 Å². The summed E-state index contributed by atoms with van der Waals surface area (Å²) in [6.07, 6.45) is 1.09. The lowest BCUT2D eigenvalue weighted by molar-refractivity contribution is 0.0808. The van der Waals surface area contributed by atoms with Gasteiger partial charge in [0.2, 0.25) is 0 Å². The van der Waals surface area contributed by atoms with E-state index in [-0.39, 0.29) is 5.54 Å². The standard InChI is InChI=1S/C9H20N2O/c1-3-11(4-2)9(7-10)5-6-12-8-9/h3-8,10H2,1-2H3. The predicted octanol–water partition coefficient (Wildman–Crippen LogP) is 0.446. The van der Waals surface area contributed by atoms with E-state index in [9.17, 15) is 0 Å². The summed E-state index contributed by atoms with van der Waals surface area (Å²) in [7, 11) is 0. The third-order valence-electron chi connectivity index (χ3n) is 2.90. The highest BCUT2D eigenvalue weighted by Crippen LogP contribution is 2.24. The molecule has 0 aromatic rings. The van der Waals surface area contributed by atoms with Crippen molar-refractivity contribution in [2.45, 2.75) is 25.8 Å². The summed E-state index contributed by atoms with van der Waals surface area (Å²) in [6.45, 7) is 8.89. The lowest BCUT2D eigenvalue weighted by Crippen LogP contribution is -2.54. The maximum Gasteiger partial charge on any atom is 0.0663 e. The number of hydrogen-bond donors (Lipinski definition) is 1. The van der Waals surface area contributed by atoms with Crippen molar-refractivity contribution in [2.75, 3.05) is 32.8 Å². The molecule has 3 nitrogen and oxygen atoms in total. The molecule has 1 heterocycles. The SMILES string of the molecule is CCN(CC)C1(CN)CCOC1. The molecule has 0 radical (unpaired) electrons. The minimum absolute atomic E-state index is 0.142. The van der Waals surface area contributed by atoms with Crippen LogP contribution in [0, 0.1) is 0 Å². The Morgan fingerprint density at radius 2 is 2.08 bits per heavy atom. The van der Waals surface area contributed by atoms with Crippen molar-refractivity contribution in [3.8, 4) is 0 Å². The smallest absolute Gasteiger partial charge is 0.0663 e. The molecule has 1 aliphatic rings. The van der Waals surface area contributed by atoms with E-state index in [1.165, 1.54) is 0 Å². The van der Waals surface area contributed by atoms with E-state index in [2.05, 4.69) is 18.7 Å². The van der Waals surface area contributed by atoms with E-state index < -0.39 is 0 Å². The Balaban J connectivity index is 2.63. The van der Waals surface area contributed by atoms with Crippen LogP contribution in [0.2, 0.25) is 0 Å². The molecule has 1 aliphatic heterocycles. The van der Waals surface area contributed by atoms with Crippen LogP contribution in [0.25, 0.3) is 0 Å². The van der Waals surface area contributed by atoms with Gasteiger partial charge >= 0.3 is 0 Å². The molecule has 3 heteroatoms. The molecule has 0 aromatic heterocycles. The maximum absolute atomic E-state index is 5.80. The Labute approximate surface area is 74.9 Å². The molecule has 0 amide bonds. The van der Waals surface area contributed by atoms with Crippen molar-refractivity contribution >= 4 is 0 Å². The number of nitrogens with zero attached hydrogens (tertiary/aromatic N) is 1. The second-order valence-corrected chi connectivity index (χ2v) is 3.40. The van der Waals surface area contributed by atoms with Crippen LogP contribution < -0.4 is 5.73 Å². The molecule has 1 fully saturated rings. The molecule has 1 unspecified atom stereocenters. The summed E-state index contributed by atoms with van der Waals surface area (Å²) >= 11 is 0. The summed E-state index contributed by atoms with van der Waals surface area (Å²) in [6, 6.07) is 0. The van der Waals surface area contributed by atoms with Crippen LogP contribution in [0.5, 0.6) is 0 Å². The molecule has 0 saturated carbocycles. The Morgan fingerprint density at radius 1 is 1.42 bits per heavy atom. The first-order chi connectivity index (χ1) is 5.79. The summed E-state index contributed by atoms with van der Waals surface area (Å²) in [5, 5.41) is 0. The highest BCUT2D eigenvalue weighted by molar-refractivity contribution is 4.94. The number of nitrogens with two attached hydrogens (primary N) is 1. The van der Waals surface area contributed by atoms with Gasteiger partial charge in [-0.05, 0) is 19.5 Å². The molecule has 0 spiro atoms. The molecule has 12 heavy (non-hydrogen) atoms. The molecule has 0 bridgehead atoms. The Bertz CT molecular complexity index is 128. The topological polar surface area (TPSA) is 38.5 Å². The molecule has 1 saturated heterocycles. The Kier molecular flexibility index (Phi) is 3.50. The molecule has 1 atom stereocenters. The summed E-state index contributed by atoms with van der Waals surface area (Å²) in [5.74, 6) is 0. The van der Waals surface area contributed by atoms with Gasteiger partial charge in [0.1, 0.15) is 0 Å². The number of likely N-dealkylation sites (N-methyl/N-ethyl adjacent to an activating group) is 1. The first-order valence-electron chi connectivity index (χ1n) is 4.82. The highest BCUT2D eigenvalue weighted by atomic mass is 16.5. The van der Waals surface area contributed by atoms with Gasteiger partial charge in [-0.25, -0.2) is 0 Å². The van der Waals surface area contributed by atoms with Crippen molar-refractivity contribution < 1.29 is 4.74 Å². The van der Waals surface area contributed by atoms with E-state index in [0.717, 1.165) is 32.7 Å².